The number of carbonyl (C=O) groups is 1. The molecule has 0 radical (unpaired) electrons. The van der Waals surface area contributed by atoms with E-state index in [0.717, 1.165) is 10.0 Å². The lowest BCUT2D eigenvalue weighted by molar-refractivity contribution is -0.121. The van der Waals surface area contributed by atoms with Gasteiger partial charge in [0, 0.05) is 29.0 Å². The summed E-state index contributed by atoms with van der Waals surface area (Å²) >= 11 is 3.35. The number of hydrogen-bond acceptors (Lipinski definition) is 3. The maximum Gasteiger partial charge on any atom is 0.234 e. The van der Waals surface area contributed by atoms with E-state index in [4.69, 9.17) is 0 Å². The molecule has 0 fully saturated rings. The van der Waals surface area contributed by atoms with Gasteiger partial charge in [-0.15, -0.1) is 0 Å². The van der Waals surface area contributed by atoms with Gasteiger partial charge in [0.15, 0.2) is 0 Å². The van der Waals surface area contributed by atoms with Crippen molar-refractivity contribution in [3.63, 3.8) is 0 Å². The van der Waals surface area contributed by atoms with E-state index in [-0.39, 0.29) is 11.4 Å². The summed E-state index contributed by atoms with van der Waals surface area (Å²) in [5.74, 6) is 0.000422. The van der Waals surface area contributed by atoms with E-state index in [1.165, 1.54) is 0 Å². The molecule has 1 amide bonds. The van der Waals surface area contributed by atoms with Gasteiger partial charge in [-0.2, -0.15) is 0 Å². The fourth-order valence-electron chi connectivity index (χ4n) is 1.34. The monoisotopic (exact) mass is 299 g/mol. The first kappa shape index (κ1) is 14.1. The van der Waals surface area contributed by atoms with Gasteiger partial charge < -0.3 is 10.6 Å². The number of aromatic nitrogens is 1. The van der Waals surface area contributed by atoms with Crippen LogP contribution in [-0.2, 0) is 11.3 Å². The SMILES string of the molecule is CC(C)(C)NC(=O)CNCc1cncc(Br)c1. The van der Waals surface area contributed by atoms with Crippen LogP contribution >= 0.6 is 15.9 Å². The summed E-state index contributed by atoms with van der Waals surface area (Å²) in [6.45, 7) is 6.82. The van der Waals surface area contributed by atoms with Gasteiger partial charge in [0.2, 0.25) is 5.91 Å². The van der Waals surface area contributed by atoms with Gasteiger partial charge in [0.05, 0.1) is 6.54 Å². The molecule has 1 rings (SSSR count). The summed E-state index contributed by atoms with van der Waals surface area (Å²) in [5.41, 5.74) is 0.860. The van der Waals surface area contributed by atoms with E-state index in [1.807, 2.05) is 26.8 Å². The lowest BCUT2D eigenvalue weighted by Gasteiger charge is -2.20. The van der Waals surface area contributed by atoms with Crippen LogP contribution in [0.15, 0.2) is 22.9 Å². The average Bonchev–Trinajstić information content (AvgIpc) is 2.14. The van der Waals surface area contributed by atoms with Crippen molar-refractivity contribution in [3.8, 4) is 0 Å². The highest BCUT2D eigenvalue weighted by Crippen LogP contribution is 2.08. The molecular formula is C12H18BrN3O. The van der Waals surface area contributed by atoms with Gasteiger partial charge >= 0.3 is 0 Å². The molecule has 5 heteroatoms. The second-order valence-electron chi connectivity index (χ2n) is 4.91. The zero-order valence-corrected chi connectivity index (χ0v) is 12.0. The van der Waals surface area contributed by atoms with Gasteiger partial charge in [0.25, 0.3) is 0 Å². The molecule has 2 N–H and O–H groups in total. The van der Waals surface area contributed by atoms with Crippen molar-refractivity contribution in [2.75, 3.05) is 6.54 Å². The van der Waals surface area contributed by atoms with Crippen LogP contribution in [0.25, 0.3) is 0 Å². The van der Waals surface area contributed by atoms with Crippen molar-refractivity contribution >= 4 is 21.8 Å². The van der Waals surface area contributed by atoms with Gasteiger partial charge in [-0.1, -0.05) is 0 Å². The molecule has 0 aromatic carbocycles. The molecule has 1 heterocycles. The largest absolute Gasteiger partial charge is 0.350 e. The van der Waals surface area contributed by atoms with Crippen molar-refractivity contribution < 1.29 is 4.79 Å². The summed E-state index contributed by atoms with van der Waals surface area (Å²) < 4.78 is 0.941. The van der Waals surface area contributed by atoms with Crippen LogP contribution in [0.3, 0.4) is 0 Å². The van der Waals surface area contributed by atoms with Crippen molar-refractivity contribution in [3.05, 3.63) is 28.5 Å². The lowest BCUT2D eigenvalue weighted by Crippen LogP contribution is -2.44. The van der Waals surface area contributed by atoms with Gasteiger partial charge in [-0.05, 0) is 48.3 Å². The molecule has 1 aromatic rings. The van der Waals surface area contributed by atoms with Crippen LogP contribution < -0.4 is 10.6 Å². The van der Waals surface area contributed by atoms with Gasteiger partial charge in [-0.3, -0.25) is 9.78 Å². The van der Waals surface area contributed by atoms with Crippen LogP contribution in [0.2, 0.25) is 0 Å². The van der Waals surface area contributed by atoms with E-state index in [1.54, 1.807) is 12.4 Å². The number of carbonyl (C=O) groups excluding carboxylic acids is 1. The summed E-state index contributed by atoms with van der Waals surface area (Å²) in [4.78, 5) is 15.6. The highest BCUT2D eigenvalue weighted by atomic mass is 79.9. The maximum atomic E-state index is 11.5. The average molecular weight is 300 g/mol. The number of hydrogen-bond donors (Lipinski definition) is 2. The molecule has 0 atom stereocenters. The summed E-state index contributed by atoms with van der Waals surface area (Å²) in [5, 5.41) is 5.97. The maximum absolute atomic E-state index is 11.5. The fourth-order valence-corrected chi connectivity index (χ4v) is 1.75. The Labute approximate surface area is 110 Å². The molecule has 0 bridgehead atoms. The Balaban J connectivity index is 2.31. The molecule has 0 aliphatic rings. The first-order valence-corrected chi connectivity index (χ1v) is 6.27. The first-order chi connectivity index (χ1) is 7.87. The Hall–Kier alpha value is -0.940. The molecule has 0 aliphatic heterocycles. The minimum atomic E-state index is -0.184. The fraction of sp³-hybridized carbons (Fsp3) is 0.500. The Morgan fingerprint density at radius 2 is 2.12 bits per heavy atom. The van der Waals surface area contributed by atoms with Crippen molar-refractivity contribution in [2.24, 2.45) is 0 Å². The second kappa shape index (κ2) is 6.12. The summed E-state index contributed by atoms with van der Waals surface area (Å²) in [6, 6.07) is 1.97. The van der Waals surface area contributed by atoms with Crippen LogP contribution in [0.5, 0.6) is 0 Å². The van der Waals surface area contributed by atoms with Crippen molar-refractivity contribution in [1.29, 1.82) is 0 Å². The van der Waals surface area contributed by atoms with Crippen LogP contribution in [0.1, 0.15) is 26.3 Å². The molecule has 0 spiro atoms. The van der Waals surface area contributed by atoms with E-state index >= 15 is 0 Å². The lowest BCUT2D eigenvalue weighted by atomic mass is 10.1. The minimum absolute atomic E-state index is 0.000422. The topological polar surface area (TPSA) is 54.0 Å². The molecular weight excluding hydrogens is 282 g/mol. The van der Waals surface area contributed by atoms with E-state index in [0.29, 0.717) is 13.1 Å². The minimum Gasteiger partial charge on any atom is -0.350 e. The third-order valence-electron chi connectivity index (χ3n) is 1.89. The molecule has 0 aliphatic carbocycles. The highest BCUT2D eigenvalue weighted by Gasteiger charge is 2.12. The standard InChI is InChI=1S/C12H18BrN3O/c1-12(2,3)16-11(17)8-15-6-9-4-10(13)7-14-5-9/h4-5,7,15H,6,8H2,1-3H3,(H,16,17). The molecule has 0 saturated carbocycles. The molecule has 1 aromatic heterocycles. The Morgan fingerprint density at radius 1 is 1.41 bits per heavy atom. The molecule has 17 heavy (non-hydrogen) atoms. The van der Waals surface area contributed by atoms with E-state index in [2.05, 4.69) is 31.5 Å². The Morgan fingerprint density at radius 3 is 2.71 bits per heavy atom. The van der Waals surface area contributed by atoms with Crippen LogP contribution in [-0.4, -0.2) is 23.0 Å². The van der Waals surface area contributed by atoms with Gasteiger partial charge in [0.1, 0.15) is 0 Å². The molecule has 94 valence electrons. The molecule has 4 nitrogen and oxygen atoms in total. The third kappa shape index (κ3) is 6.38. The van der Waals surface area contributed by atoms with Crippen molar-refractivity contribution in [1.82, 2.24) is 15.6 Å². The van der Waals surface area contributed by atoms with Crippen molar-refractivity contribution in [2.45, 2.75) is 32.9 Å². The number of nitrogens with one attached hydrogen (secondary N) is 2. The number of rotatable bonds is 4. The van der Waals surface area contributed by atoms with Gasteiger partial charge in [-0.25, -0.2) is 0 Å². The quantitative estimate of drug-likeness (QED) is 0.892. The Kier molecular flexibility index (Phi) is 5.08. The number of halogens is 1. The summed E-state index contributed by atoms with van der Waals surface area (Å²) in [6.07, 6.45) is 3.51. The molecule has 0 unspecified atom stereocenters. The normalized spacial score (nSPS) is 11.3. The zero-order chi connectivity index (χ0) is 12.9. The predicted octanol–water partition coefficient (Wildman–Crippen LogP) is 1.85. The molecule has 0 saturated heterocycles. The second-order valence-corrected chi connectivity index (χ2v) is 5.83. The van der Waals surface area contributed by atoms with E-state index < -0.39 is 0 Å². The zero-order valence-electron chi connectivity index (χ0n) is 10.4. The first-order valence-electron chi connectivity index (χ1n) is 5.48. The smallest absolute Gasteiger partial charge is 0.234 e. The third-order valence-corrected chi connectivity index (χ3v) is 2.32. The number of pyridine rings is 1. The van der Waals surface area contributed by atoms with Crippen LogP contribution in [0, 0.1) is 0 Å². The highest BCUT2D eigenvalue weighted by molar-refractivity contribution is 9.10. The number of nitrogens with zero attached hydrogens (tertiary/aromatic N) is 1. The predicted molar refractivity (Wildman–Crippen MR) is 71.5 cm³/mol. The van der Waals surface area contributed by atoms with Crippen LogP contribution in [0.4, 0.5) is 0 Å². The van der Waals surface area contributed by atoms with E-state index in [9.17, 15) is 4.79 Å². The summed E-state index contributed by atoms with van der Waals surface area (Å²) in [7, 11) is 0. The Bertz CT molecular complexity index is 388. The number of amides is 1.